The molecular formula is C19H20ClN3O4. The Morgan fingerprint density at radius 2 is 1.96 bits per heavy atom. The minimum atomic E-state index is -1.03. The van der Waals surface area contributed by atoms with E-state index < -0.39 is 12.0 Å². The van der Waals surface area contributed by atoms with Crippen LogP contribution in [0.2, 0.25) is 5.02 Å². The highest BCUT2D eigenvalue weighted by atomic mass is 35.5. The summed E-state index contributed by atoms with van der Waals surface area (Å²) in [6, 6.07) is 10.2. The number of aliphatic hydroxyl groups is 1. The number of anilines is 1. The second-order valence-corrected chi connectivity index (χ2v) is 6.69. The van der Waals surface area contributed by atoms with E-state index in [1.807, 2.05) is 0 Å². The number of carbonyl (C=O) groups is 2. The van der Waals surface area contributed by atoms with Crippen molar-refractivity contribution in [2.45, 2.75) is 25.4 Å². The summed E-state index contributed by atoms with van der Waals surface area (Å²) >= 11 is 5.83. The maximum atomic E-state index is 12.2. The molecule has 1 fully saturated rings. The van der Waals surface area contributed by atoms with Crippen LogP contribution in [0.1, 0.15) is 19.3 Å². The fourth-order valence-corrected chi connectivity index (χ4v) is 2.88. The summed E-state index contributed by atoms with van der Waals surface area (Å²) in [7, 11) is 0. The maximum Gasteiger partial charge on any atom is 0.251 e. The number of hydrogen-bond acceptors (Lipinski definition) is 5. The van der Waals surface area contributed by atoms with Gasteiger partial charge in [-0.05, 0) is 55.7 Å². The zero-order chi connectivity index (χ0) is 19.2. The zero-order valence-electron chi connectivity index (χ0n) is 14.6. The Kier molecular flexibility index (Phi) is 6.26. The molecule has 0 bridgehead atoms. The highest BCUT2D eigenvalue weighted by molar-refractivity contribution is 6.30. The third-order valence-electron chi connectivity index (χ3n) is 4.14. The topological polar surface area (TPSA) is 91.8 Å². The summed E-state index contributed by atoms with van der Waals surface area (Å²) < 4.78 is 5.64. The van der Waals surface area contributed by atoms with E-state index in [2.05, 4.69) is 10.3 Å². The van der Waals surface area contributed by atoms with Gasteiger partial charge in [0.2, 0.25) is 5.91 Å². The molecule has 1 aromatic carbocycles. The van der Waals surface area contributed by atoms with Gasteiger partial charge in [0, 0.05) is 11.6 Å². The van der Waals surface area contributed by atoms with Crippen molar-refractivity contribution in [2.75, 3.05) is 18.4 Å². The first-order valence-corrected chi connectivity index (χ1v) is 9.05. The average Bonchev–Trinajstić information content (AvgIpc) is 2.81. The van der Waals surface area contributed by atoms with E-state index in [0.29, 0.717) is 35.3 Å². The van der Waals surface area contributed by atoms with E-state index >= 15 is 0 Å². The lowest BCUT2D eigenvalue weighted by Gasteiger charge is -2.21. The molecule has 1 unspecified atom stereocenters. The van der Waals surface area contributed by atoms with E-state index in [4.69, 9.17) is 16.3 Å². The molecule has 7 nitrogen and oxygen atoms in total. The number of rotatable bonds is 5. The van der Waals surface area contributed by atoms with Crippen LogP contribution in [0.4, 0.5) is 5.82 Å². The summed E-state index contributed by atoms with van der Waals surface area (Å²) in [5, 5.41) is 13.0. The van der Waals surface area contributed by atoms with Crippen LogP contribution >= 0.6 is 11.6 Å². The number of amides is 2. The monoisotopic (exact) mass is 389 g/mol. The van der Waals surface area contributed by atoms with Crippen LogP contribution in [0.25, 0.3) is 0 Å². The van der Waals surface area contributed by atoms with Crippen LogP contribution in [-0.4, -0.2) is 46.0 Å². The number of hydrogen-bond donors (Lipinski definition) is 2. The lowest BCUT2D eigenvalue weighted by atomic mass is 10.2. The third kappa shape index (κ3) is 5.42. The van der Waals surface area contributed by atoms with Crippen molar-refractivity contribution < 1.29 is 19.4 Å². The van der Waals surface area contributed by atoms with Crippen molar-refractivity contribution in [3.05, 3.63) is 47.6 Å². The van der Waals surface area contributed by atoms with Crippen LogP contribution in [0, 0.1) is 0 Å². The van der Waals surface area contributed by atoms with Crippen LogP contribution in [-0.2, 0) is 9.59 Å². The number of likely N-dealkylation sites (tertiary alicyclic amines) is 1. The van der Waals surface area contributed by atoms with Crippen LogP contribution < -0.4 is 10.1 Å². The summed E-state index contributed by atoms with van der Waals surface area (Å²) in [6.07, 6.45) is 2.44. The number of ether oxygens (including phenoxy) is 1. The molecular weight excluding hydrogens is 370 g/mol. The highest BCUT2D eigenvalue weighted by Gasteiger charge is 2.26. The number of nitrogens with one attached hydrogen (secondary N) is 1. The normalized spacial score (nSPS) is 17.3. The van der Waals surface area contributed by atoms with Gasteiger partial charge < -0.3 is 20.1 Å². The van der Waals surface area contributed by atoms with Gasteiger partial charge >= 0.3 is 0 Å². The molecule has 2 heterocycles. The molecule has 0 saturated carbocycles. The van der Waals surface area contributed by atoms with Gasteiger partial charge in [0.1, 0.15) is 23.4 Å². The van der Waals surface area contributed by atoms with Gasteiger partial charge in [-0.3, -0.25) is 9.59 Å². The molecule has 1 aromatic heterocycles. The van der Waals surface area contributed by atoms with Crippen molar-refractivity contribution in [3.8, 4) is 11.5 Å². The fourth-order valence-electron chi connectivity index (χ4n) is 2.75. The second kappa shape index (κ2) is 8.83. The molecule has 8 heteroatoms. The minimum absolute atomic E-state index is 0.111. The van der Waals surface area contributed by atoms with E-state index in [1.165, 1.54) is 11.1 Å². The summed E-state index contributed by atoms with van der Waals surface area (Å²) in [6.45, 7) is 0.352. The summed E-state index contributed by atoms with van der Waals surface area (Å²) in [5.41, 5.74) is 0. The molecule has 0 spiro atoms. The fraction of sp³-hybridized carbons (Fsp3) is 0.316. The second-order valence-electron chi connectivity index (χ2n) is 6.25. The van der Waals surface area contributed by atoms with Gasteiger partial charge in [0.05, 0.1) is 12.7 Å². The number of carbonyl (C=O) groups excluding carboxylic acids is 2. The first kappa shape index (κ1) is 19.1. The largest absolute Gasteiger partial charge is 0.456 e. The van der Waals surface area contributed by atoms with E-state index in [-0.39, 0.29) is 12.5 Å². The molecule has 1 aliphatic heterocycles. The molecule has 2 aromatic rings. The Balaban J connectivity index is 1.55. The lowest BCUT2D eigenvalue weighted by molar-refractivity contribution is -0.141. The van der Waals surface area contributed by atoms with Crippen LogP contribution in [0.3, 0.4) is 0 Å². The number of halogens is 1. The average molecular weight is 390 g/mol. The SMILES string of the molecule is O=C(CN1CCCCC(O)C1=O)Nc1ccc(Oc2ccc(Cl)cc2)cn1. The van der Waals surface area contributed by atoms with Gasteiger partial charge in [0.25, 0.3) is 5.91 Å². The van der Waals surface area contributed by atoms with E-state index in [9.17, 15) is 14.7 Å². The quantitative estimate of drug-likeness (QED) is 0.820. The molecule has 1 saturated heterocycles. The number of pyridine rings is 1. The predicted molar refractivity (Wildman–Crippen MR) is 101 cm³/mol. The molecule has 142 valence electrons. The first-order valence-electron chi connectivity index (χ1n) is 8.67. The minimum Gasteiger partial charge on any atom is -0.456 e. The first-order chi connectivity index (χ1) is 13.0. The van der Waals surface area contributed by atoms with E-state index in [0.717, 1.165) is 12.8 Å². The van der Waals surface area contributed by atoms with Crippen molar-refractivity contribution >= 4 is 29.2 Å². The Labute approximate surface area is 161 Å². The van der Waals surface area contributed by atoms with Crippen molar-refractivity contribution in [3.63, 3.8) is 0 Å². The third-order valence-corrected chi connectivity index (χ3v) is 4.39. The Bertz CT molecular complexity index is 796. The molecule has 2 N–H and O–H groups in total. The summed E-state index contributed by atoms with van der Waals surface area (Å²) in [5.74, 6) is 0.724. The number of benzene rings is 1. The molecule has 0 aliphatic carbocycles. The summed E-state index contributed by atoms with van der Waals surface area (Å²) in [4.78, 5) is 29.7. The number of nitrogens with zero attached hydrogens (tertiary/aromatic N) is 2. The Hall–Kier alpha value is -2.64. The van der Waals surface area contributed by atoms with Gasteiger partial charge in [-0.2, -0.15) is 0 Å². The predicted octanol–water partition coefficient (Wildman–Crippen LogP) is 2.84. The number of aliphatic hydroxyl groups excluding tert-OH is 1. The number of aromatic nitrogens is 1. The molecule has 2 amide bonds. The highest BCUT2D eigenvalue weighted by Crippen LogP contribution is 2.23. The molecule has 1 aliphatic rings. The van der Waals surface area contributed by atoms with Gasteiger partial charge in [-0.1, -0.05) is 11.6 Å². The Morgan fingerprint density at radius 3 is 2.67 bits per heavy atom. The molecule has 0 radical (unpaired) electrons. The molecule has 27 heavy (non-hydrogen) atoms. The van der Waals surface area contributed by atoms with Crippen LogP contribution in [0.5, 0.6) is 11.5 Å². The lowest BCUT2D eigenvalue weighted by Crippen LogP contribution is -2.42. The standard InChI is InChI=1S/C19H20ClN3O4/c20-13-4-6-14(7-5-13)27-15-8-9-17(21-11-15)22-18(25)12-23-10-2-1-3-16(24)19(23)26/h4-9,11,16,24H,1-3,10,12H2,(H,21,22,25). The smallest absolute Gasteiger partial charge is 0.251 e. The van der Waals surface area contributed by atoms with Gasteiger partial charge in [-0.15, -0.1) is 0 Å². The van der Waals surface area contributed by atoms with Crippen molar-refractivity contribution in [1.82, 2.24) is 9.88 Å². The van der Waals surface area contributed by atoms with Crippen LogP contribution in [0.15, 0.2) is 42.6 Å². The van der Waals surface area contributed by atoms with E-state index in [1.54, 1.807) is 36.4 Å². The zero-order valence-corrected chi connectivity index (χ0v) is 15.4. The van der Waals surface area contributed by atoms with Gasteiger partial charge in [0.15, 0.2) is 0 Å². The molecule has 1 atom stereocenters. The van der Waals surface area contributed by atoms with Crippen molar-refractivity contribution in [2.24, 2.45) is 0 Å². The molecule has 3 rings (SSSR count). The maximum absolute atomic E-state index is 12.2. The van der Waals surface area contributed by atoms with Crippen molar-refractivity contribution in [1.29, 1.82) is 0 Å². The Morgan fingerprint density at radius 1 is 1.22 bits per heavy atom. The van der Waals surface area contributed by atoms with Gasteiger partial charge in [-0.25, -0.2) is 4.98 Å².